The highest BCUT2D eigenvalue weighted by molar-refractivity contribution is 5.79. The zero-order valence-corrected chi connectivity index (χ0v) is 9.44. The summed E-state index contributed by atoms with van der Waals surface area (Å²) in [6.07, 6.45) is 10.2. The summed E-state index contributed by atoms with van der Waals surface area (Å²) in [6, 6.07) is 0.00287. The van der Waals surface area contributed by atoms with Gasteiger partial charge in [0.2, 0.25) is 5.91 Å². The third kappa shape index (κ3) is 2.32. The number of amides is 1. The third-order valence-corrected chi connectivity index (χ3v) is 2.95. The Balaban J connectivity index is 1.94. The molecule has 1 unspecified atom stereocenters. The lowest BCUT2D eigenvalue weighted by atomic mass is 10.1. The molecule has 2 N–H and O–H groups in total. The molecule has 0 saturated heterocycles. The van der Waals surface area contributed by atoms with Crippen molar-refractivity contribution >= 4 is 5.91 Å². The van der Waals surface area contributed by atoms with Crippen molar-refractivity contribution in [2.24, 2.45) is 5.92 Å². The van der Waals surface area contributed by atoms with Crippen LogP contribution in [0.15, 0.2) is 24.5 Å². The lowest BCUT2D eigenvalue weighted by molar-refractivity contribution is -0.125. The van der Waals surface area contributed by atoms with Crippen molar-refractivity contribution in [2.45, 2.75) is 32.2 Å². The van der Waals surface area contributed by atoms with Crippen LogP contribution in [-0.2, 0) is 4.79 Å². The number of carbonyl (C=O) groups excluding carboxylic acids is 1. The van der Waals surface area contributed by atoms with Gasteiger partial charge in [-0.05, 0) is 19.3 Å². The lowest BCUT2D eigenvalue weighted by Gasteiger charge is -2.17. The summed E-state index contributed by atoms with van der Waals surface area (Å²) in [7, 11) is 0. The second-order valence-electron chi connectivity index (χ2n) is 4.08. The number of allylic oxidation sites excluding steroid dienone is 2. The van der Waals surface area contributed by atoms with Crippen molar-refractivity contribution in [3.63, 3.8) is 0 Å². The quantitative estimate of drug-likeness (QED) is 0.760. The predicted molar refractivity (Wildman–Crippen MR) is 61.6 cm³/mol. The Bertz CT molecular complexity index is 362. The van der Waals surface area contributed by atoms with E-state index in [1.807, 2.05) is 6.92 Å². The molecule has 1 atom stereocenters. The molecule has 1 aromatic rings. The Hall–Kier alpha value is -1.58. The van der Waals surface area contributed by atoms with Crippen LogP contribution >= 0.6 is 0 Å². The van der Waals surface area contributed by atoms with Crippen LogP contribution in [0.2, 0.25) is 0 Å². The number of hydrogen-bond donors (Lipinski definition) is 2. The number of carbonyl (C=O) groups is 1. The number of hydrogen-bond acceptors (Lipinski definition) is 2. The molecule has 0 aliphatic heterocycles. The number of aromatic amines is 1. The van der Waals surface area contributed by atoms with Crippen molar-refractivity contribution in [2.75, 3.05) is 0 Å². The highest BCUT2D eigenvalue weighted by Crippen LogP contribution is 2.20. The van der Waals surface area contributed by atoms with E-state index in [-0.39, 0.29) is 17.9 Å². The monoisotopic (exact) mass is 219 g/mol. The molecule has 16 heavy (non-hydrogen) atoms. The number of aromatic nitrogens is 2. The minimum absolute atomic E-state index is 0.00287. The zero-order chi connectivity index (χ0) is 11.4. The maximum Gasteiger partial charge on any atom is 0.224 e. The minimum atomic E-state index is 0.00287. The Morgan fingerprint density at radius 2 is 2.38 bits per heavy atom. The minimum Gasteiger partial charge on any atom is -0.347 e. The molecule has 86 valence electrons. The molecule has 0 spiro atoms. The predicted octanol–water partition coefficient (Wildman–Crippen LogP) is 1.94. The van der Waals surface area contributed by atoms with Crippen LogP contribution < -0.4 is 5.32 Å². The lowest BCUT2D eigenvalue weighted by Crippen LogP contribution is -2.33. The SMILES string of the molecule is CCC(NC(=O)C1CC=CC1)c1ncc[nH]1. The number of rotatable bonds is 4. The first-order valence-corrected chi connectivity index (χ1v) is 5.76. The van der Waals surface area contributed by atoms with Gasteiger partial charge >= 0.3 is 0 Å². The maximum atomic E-state index is 11.9. The van der Waals surface area contributed by atoms with Gasteiger partial charge in [-0.1, -0.05) is 19.1 Å². The Morgan fingerprint density at radius 1 is 1.62 bits per heavy atom. The summed E-state index contributed by atoms with van der Waals surface area (Å²) in [5.41, 5.74) is 0. The number of nitrogens with one attached hydrogen (secondary N) is 2. The smallest absolute Gasteiger partial charge is 0.224 e. The molecular formula is C12H17N3O. The van der Waals surface area contributed by atoms with E-state index >= 15 is 0 Å². The van der Waals surface area contributed by atoms with Crippen molar-refractivity contribution in [1.29, 1.82) is 0 Å². The van der Waals surface area contributed by atoms with Crippen molar-refractivity contribution in [3.8, 4) is 0 Å². The molecule has 0 radical (unpaired) electrons. The first-order valence-electron chi connectivity index (χ1n) is 5.76. The Morgan fingerprint density at radius 3 is 2.94 bits per heavy atom. The Labute approximate surface area is 95.2 Å². The summed E-state index contributed by atoms with van der Waals surface area (Å²) >= 11 is 0. The van der Waals surface area contributed by atoms with Gasteiger partial charge in [-0.25, -0.2) is 4.98 Å². The molecule has 2 rings (SSSR count). The molecule has 1 aliphatic carbocycles. The molecule has 0 bridgehead atoms. The molecule has 0 saturated carbocycles. The fourth-order valence-corrected chi connectivity index (χ4v) is 1.95. The average Bonchev–Trinajstić information content (AvgIpc) is 2.96. The van der Waals surface area contributed by atoms with Crippen LogP contribution in [0.4, 0.5) is 0 Å². The summed E-state index contributed by atoms with van der Waals surface area (Å²) in [5, 5.41) is 3.04. The van der Waals surface area contributed by atoms with Crippen LogP contribution in [0.5, 0.6) is 0 Å². The summed E-state index contributed by atoms with van der Waals surface area (Å²) in [4.78, 5) is 19.1. The number of H-pyrrole nitrogens is 1. The van der Waals surface area contributed by atoms with Crippen LogP contribution in [0.25, 0.3) is 0 Å². The second-order valence-corrected chi connectivity index (χ2v) is 4.08. The van der Waals surface area contributed by atoms with E-state index in [0.717, 1.165) is 25.1 Å². The van der Waals surface area contributed by atoms with Crippen LogP contribution in [-0.4, -0.2) is 15.9 Å². The van der Waals surface area contributed by atoms with Gasteiger partial charge in [-0.3, -0.25) is 4.79 Å². The molecule has 1 amide bonds. The zero-order valence-electron chi connectivity index (χ0n) is 9.44. The number of imidazole rings is 1. The van der Waals surface area contributed by atoms with E-state index in [2.05, 4.69) is 27.4 Å². The fraction of sp³-hybridized carbons (Fsp3) is 0.500. The molecule has 1 aromatic heterocycles. The highest BCUT2D eigenvalue weighted by atomic mass is 16.1. The van der Waals surface area contributed by atoms with Crippen molar-refractivity contribution < 1.29 is 4.79 Å². The summed E-state index contributed by atoms with van der Waals surface area (Å²) in [6.45, 7) is 2.04. The van der Waals surface area contributed by atoms with Gasteiger partial charge < -0.3 is 10.3 Å². The van der Waals surface area contributed by atoms with Crippen molar-refractivity contribution in [3.05, 3.63) is 30.4 Å². The van der Waals surface area contributed by atoms with Crippen molar-refractivity contribution in [1.82, 2.24) is 15.3 Å². The first-order chi connectivity index (χ1) is 7.81. The normalized spacial score (nSPS) is 17.6. The highest BCUT2D eigenvalue weighted by Gasteiger charge is 2.22. The van der Waals surface area contributed by atoms with E-state index in [1.165, 1.54) is 0 Å². The van der Waals surface area contributed by atoms with Crippen LogP contribution in [0.3, 0.4) is 0 Å². The third-order valence-electron chi connectivity index (χ3n) is 2.95. The topological polar surface area (TPSA) is 57.8 Å². The molecule has 4 heteroatoms. The van der Waals surface area contributed by atoms with E-state index in [4.69, 9.17) is 0 Å². The maximum absolute atomic E-state index is 11.9. The van der Waals surface area contributed by atoms with Gasteiger partial charge in [-0.15, -0.1) is 0 Å². The van der Waals surface area contributed by atoms with Gasteiger partial charge in [0.05, 0.1) is 6.04 Å². The largest absolute Gasteiger partial charge is 0.347 e. The molecule has 0 aromatic carbocycles. The van der Waals surface area contributed by atoms with Gasteiger partial charge in [0.25, 0.3) is 0 Å². The first kappa shape index (κ1) is 10.9. The molecule has 4 nitrogen and oxygen atoms in total. The molecule has 0 fully saturated rings. The molecular weight excluding hydrogens is 202 g/mol. The van der Waals surface area contributed by atoms with Crippen LogP contribution in [0.1, 0.15) is 38.1 Å². The molecule has 1 heterocycles. The van der Waals surface area contributed by atoms with Crippen LogP contribution in [0, 0.1) is 5.92 Å². The Kier molecular flexibility index (Phi) is 3.39. The average molecular weight is 219 g/mol. The van der Waals surface area contributed by atoms with Gasteiger partial charge in [0.15, 0.2) is 0 Å². The van der Waals surface area contributed by atoms with E-state index in [9.17, 15) is 4.79 Å². The van der Waals surface area contributed by atoms with Gasteiger partial charge in [0, 0.05) is 18.3 Å². The van der Waals surface area contributed by atoms with Gasteiger partial charge in [0.1, 0.15) is 5.82 Å². The molecule has 1 aliphatic rings. The second kappa shape index (κ2) is 4.96. The fourth-order valence-electron chi connectivity index (χ4n) is 1.95. The standard InChI is InChI=1S/C12H17N3O/c1-2-10(11-13-7-8-14-11)15-12(16)9-5-3-4-6-9/h3-4,7-10H,2,5-6H2,1H3,(H,13,14)(H,15,16). The summed E-state index contributed by atoms with van der Waals surface area (Å²) < 4.78 is 0. The van der Waals surface area contributed by atoms with Gasteiger partial charge in [-0.2, -0.15) is 0 Å². The number of nitrogens with zero attached hydrogens (tertiary/aromatic N) is 1. The summed E-state index contributed by atoms with van der Waals surface area (Å²) in [5.74, 6) is 1.08. The van der Waals surface area contributed by atoms with E-state index in [1.54, 1.807) is 12.4 Å². The van der Waals surface area contributed by atoms with E-state index < -0.39 is 0 Å². The van der Waals surface area contributed by atoms with E-state index in [0.29, 0.717) is 0 Å².